The maximum Gasteiger partial charge on any atom is 0.105 e. The molecule has 1 N–H and O–H groups in total. The molecule has 5 heteroatoms. The molecule has 2 rings (SSSR count). The third-order valence-corrected chi connectivity index (χ3v) is 3.32. The summed E-state index contributed by atoms with van der Waals surface area (Å²) in [5.74, 6) is 1.07. The molecule has 5 nitrogen and oxygen atoms in total. The van der Waals surface area contributed by atoms with Crippen LogP contribution in [0.1, 0.15) is 37.9 Å². The normalized spacial score (nSPS) is 12.1. The molecule has 2 aromatic rings. The van der Waals surface area contributed by atoms with Crippen molar-refractivity contribution in [1.29, 1.82) is 0 Å². The Morgan fingerprint density at radius 1 is 1.25 bits per heavy atom. The average Bonchev–Trinajstić information content (AvgIpc) is 2.90. The van der Waals surface area contributed by atoms with Crippen LogP contribution in [-0.2, 0) is 26.6 Å². The molecule has 0 atom stereocenters. The summed E-state index contributed by atoms with van der Waals surface area (Å²) < 4.78 is 4.13. The molecule has 0 aliphatic carbocycles. The Morgan fingerprint density at radius 2 is 2.00 bits per heavy atom. The Hall–Kier alpha value is -1.62. The molecule has 0 amide bonds. The number of hydrogen-bond acceptors (Lipinski definition) is 3. The quantitative estimate of drug-likeness (QED) is 0.908. The molecule has 0 fully saturated rings. The molecular formula is C15H25N5. The molecule has 0 saturated carbocycles. The smallest absolute Gasteiger partial charge is 0.105 e. The van der Waals surface area contributed by atoms with E-state index in [0.29, 0.717) is 0 Å². The van der Waals surface area contributed by atoms with E-state index >= 15 is 0 Å². The molecule has 2 heterocycles. The van der Waals surface area contributed by atoms with E-state index in [-0.39, 0.29) is 5.54 Å². The van der Waals surface area contributed by atoms with E-state index in [2.05, 4.69) is 53.9 Å². The number of nitrogens with zero attached hydrogens (tertiary/aromatic N) is 4. The lowest BCUT2D eigenvalue weighted by Gasteiger charge is -2.21. The largest absolute Gasteiger partial charge is 0.331 e. The Balaban J connectivity index is 2.01. The first-order valence-corrected chi connectivity index (χ1v) is 7.09. The van der Waals surface area contributed by atoms with Gasteiger partial charge in [0.25, 0.3) is 0 Å². The van der Waals surface area contributed by atoms with Crippen LogP contribution in [0.5, 0.6) is 0 Å². The Bertz CT molecular complexity index is 559. The van der Waals surface area contributed by atoms with E-state index in [1.54, 1.807) is 0 Å². The lowest BCUT2D eigenvalue weighted by atomic mass is 10.1. The van der Waals surface area contributed by atoms with Crippen molar-refractivity contribution < 1.29 is 0 Å². The summed E-state index contributed by atoms with van der Waals surface area (Å²) in [5, 5.41) is 7.73. The van der Waals surface area contributed by atoms with Crippen LogP contribution in [0.3, 0.4) is 0 Å². The van der Waals surface area contributed by atoms with Gasteiger partial charge < -0.3 is 9.88 Å². The zero-order valence-corrected chi connectivity index (χ0v) is 13.1. The van der Waals surface area contributed by atoms with Gasteiger partial charge in [0.15, 0.2) is 0 Å². The van der Waals surface area contributed by atoms with Crippen molar-refractivity contribution >= 4 is 0 Å². The van der Waals surface area contributed by atoms with Crippen molar-refractivity contribution in [3.05, 3.63) is 35.7 Å². The maximum atomic E-state index is 4.44. The molecule has 20 heavy (non-hydrogen) atoms. The van der Waals surface area contributed by atoms with Gasteiger partial charge in [0.2, 0.25) is 0 Å². The summed E-state index contributed by atoms with van der Waals surface area (Å²) >= 11 is 0. The van der Waals surface area contributed by atoms with E-state index in [9.17, 15) is 0 Å². The van der Waals surface area contributed by atoms with Crippen LogP contribution < -0.4 is 5.32 Å². The van der Waals surface area contributed by atoms with Gasteiger partial charge in [0, 0.05) is 38.1 Å². The van der Waals surface area contributed by atoms with Crippen molar-refractivity contribution in [2.75, 3.05) is 0 Å². The average molecular weight is 275 g/mol. The Kier molecular flexibility index (Phi) is 4.28. The second kappa shape index (κ2) is 5.79. The molecule has 0 spiro atoms. The van der Waals surface area contributed by atoms with Crippen LogP contribution >= 0.6 is 0 Å². The third kappa shape index (κ3) is 3.93. The van der Waals surface area contributed by atoms with E-state index in [1.807, 2.05) is 24.1 Å². The van der Waals surface area contributed by atoms with E-state index in [4.69, 9.17) is 0 Å². The molecule has 0 aromatic carbocycles. The van der Waals surface area contributed by atoms with E-state index < -0.39 is 0 Å². The number of nitrogens with one attached hydrogen (secondary N) is 1. The second-order valence-corrected chi connectivity index (χ2v) is 6.32. The number of aryl methyl sites for hydroxylation is 3. The van der Waals surface area contributed by atoms with Gasteiger partial charge in [-0.2, -0.15) is 5.10 Å². The number of aromatic nitrogens is 4. The van der Waals surface area contributed by atoms with Gasteiger partial charge in [-0.3, -0.25) is 4.68 Å². The Labute approximate surface area is 121 Å². The molecule has 0 unspecified atom stereocenters. The molecule has 0 aliphatic rings. The zero-order valence-electron chi connectivity index (χ0n) is 13.1. The molecule has 0 saturated heterocycles. The summed E-state index contributed by atoms with van der Waals surface area (Å²) in [6.07, 6.45) is 6.95. The highest BCUT2D eigenvalue weighted by molar-refractivity contribution is 5.08. The third-order valence-electron chi connectivity index (χ3n) is 3.32. The van der Waals surface area contributed by atoms with Crippen molar-refractivity contribution in [3.8, 4) is 0 Å². The summed E-state index contributed by atoms with van der Waals surface area (Å²) in [7, 11) is 1.95. The van der Waals surface area contributed by atoms with Crippen LogP contribution in [0, 0.1) is 6.92 Å². The van der Waals surface area contributed by atoms with Gasteiger partial charge in [-0.25, -0.2) is 4.98 Å². The first-order chi connectivity index (χ1) is 9.35. The van der Waals surface area contributed by atoms with Crippen molar-refractivity contribution in [1.82, 2.24) is 24.6 Å². The number of hydrogen-bond donors (Lipinski definition) is 1. The highest BCUT2D eigenvalue weighted by Crippen LogP contribution is 2.09. The maximum absolute atomic E-state index is 4.44. The van der Waals surface area contributed by atoms with Gasteiger partial charge in [0.1, 0.15) is 5.82 Å². The Morgan fingerprint density at radius 3 is 2.60 bits per heavy atom. The van der Waals surface area contributed by atoms with Gasteiger partial charge in [-0.15, -0.1) is 0 Å². The van der Waals surface area contributed by atoms with Gasteiger partial charge in [-0.05, 0) is 39.7 Å². The monoisotopic (exact) mass is 275 g/mol. The molecular weight excluding hydrogens is 250 g/mol. The molecule has 110 valence electrons. The molecule has 0 aliphatic heterocycles. The summed E-state index contributed by atoms with van der Waals surface area (Å²) in [4.78, 5) is 4.44. The lowest BCUT2D eigenvalue weighted by Crippen LogP contribution is -2.35. The van der Waals surface area contributed by atoms with Gasteiger partial charge >= 0.3 is 0 Å². The summed E-state index contributed by atoms with van der Waals surface area (Å²) in [6, 6.07) is 0. The van der Waals surface area contributed by atoms with Crippen molar-refractivity contribution in [2.45, 2.75) is 52.7 Å². The number of imidazole rings is 1. The van der Waals surface area contributed by atoms with Gasteiger partial charge in [0.05, 0.1) is 11.9 Å². The van der Waals surface area contributed by atoms with Crippen molar-refractivity contribution in [3.63, 3.8) is 0 Å². The molecule has 2 aromatic heterocycles. The zero-order chi connectivity index (χ0) is 14.8. The minimum absolute atomic E-state index is 0.117. The van der Waals surface area contributed by atoms with Gasteiger partial charge in [-0.1, -0.05) is 0 Å². The fraction of sp³-hybridized carbons (Fsp3) is 0.600. The van der Waals surface area contributed by atoms with Crippen LogP contribution in [0.4, 0.5) is 0 Å². The molecule has 0 radical (unpaired) electrons. The highest BCUT2D eigenvalue weighted by Gasteiger charge is 2.12. The fourth-order valence-electron chi connectivity index (χ4n) is 2.16. The first kappa shape index (κ1) is 14.8. The number of rotatable bonds is 5. The summed E-state index contributed by atoms with van der Waals surface area (Å²) in [5.41, 5.74) is 2.61. The predicted molar refractivity (Wildman–Crippen MR) is 80.5 cm³/mol. The minimum Gasteiger partial charge on any atom is -0.331 e. The first-order valence-electron chi connectivity index (χ1n) is 7.09. The van der Waals surface area contributed by atoms with Crippen LogP contribution in [0.2, 0.25) is 0 Å². The van der Waals surface area contributed by atoms with Crippen LogP contribution in [-0.4, -0.2) is 24.9 Å². The SMILES string of the molecule is Cc1ncc(CNC(C)(C)C)n1CCc1cnn(C)c1. The van der Waals surface area contributed by atoms with Crippen molar-refractivity contribution in [2.24, 2.45) is 7.05 Å². The summed E-state index contributed by atoms with van der Waals surface area (Å²) in [6.45, 7) is 10.4. The van der Waals surface area contributed by atoms with E-state index in [1.165, 1.54) is 11.3 Å². The topological polar surface area (TPSA) is 47.7 Å². The standard InChI is InChI=1S/C15H25N5/c1-12-16-9-14(10-17-15(2,3)4)20(12)7-6-13-8-18-19(5)11-13/h8-9,11,17H,6-7,10H2,1-5H3. The van der Waals surface area contributed by atoms with Crippen LogP contribution in [0.15, 0.2) is 18.6 Å². The lowest BCUT2D eigenvalue weighted by molar-refractivity contribution is 0.415. The van der Waals surface area contributed by atoms with E-state index in [0.717, 1.165) is 25.3 Å². The second-order valence-electron chi connectivity index (χ2n) is 6.32. The highest BCUT2D eigenvalue weighted by atomic mass is 15.2. The molecule has 0 bridgehead atoms. The van der Waals surface area contributed by atoms with Crippen LogP contribution in [0.25, 0.3) is 0 Å². The fourth-order valence-corrected chi connectivity index (χ4v) is 2.16. The minimum atomic E-state index is 0.117. The predicted octanol–water partition coefficient (Wildman–Crippen LogP) is 2.06.